The summed E-state index contributed by atoms with van der Waals surface area (Å²) < 4.78 is 8.42. The Kier molecular flexibility index (Phi) is 4.79. The van der Waals surface area contributed by atoms with E-state index >= 15 is 0 Å². The van der Waals surface area contributed by atoms with Crippen LogP contribution in [0.25, 0.3) is 0 Å². The molecule has 0 saturated heterocycles. The molecule has 106 valence electrons. The largest absolute Gasteiger partial charge is 0.367 e. The molecule has 0 aromatic carbocycles. The highest BCUT2D eigenvalue weighted by molar-refractivity contribution is 9.10. The van der Waals surface area contributed by atoms with Crippen LogP contribution in [-0.2, 0) is 11.3 Å². The monoisotopic (exact) mass is 328 g/mol. The fraction of sp³-hybridized carbons (Fsp3) is 0.714. The van der Waals surface area contributed by atoms with Gasteiger partial charge in [-0.15, -0.1) is 0 Å². The predicted molar refractivity (Wildman–Crippen MR) is 77.4 cm³/mol. The standard InChI is InChI=1S/C14H21BrN2O2/c1-3-17-12(11(15)10-16-17)13(18)14(19-4-2)8-6-5-7-9-14/h10H,3-9H2,1-2H3. The molecule has 0 aliphatic heterocycles. The number of carbonyl (C=O) groups is 1. The van der Waals surface area contributed by atoms with Crippen molar-refractivity contribution in [2.75, 3.05) is 6.61 Å². The number of aromatic nitrogens is 2. The Bertz CT molecular complexity index is 445. The number of nitrogens with zero attached hydrogens (tertiary/aromatic N) is 2. The smallest absolute Gasteiger partial charge is 0.213 e. The SMILES string of the molecule is CCOC1(C(=O)c2c(Br)cnn2CC)CCCCC1. The first-order valence-electron chi connectivity index (χ1n) is 7.04. The summed E-state index contributed by atoms with van der Waals surface area (Å²) in [5, 5.41) is 4.23. The Hall–Kier alpha value is -0.680. The summed E-state index contributed by atoms with van der Waals surface area (Å²) in [6.45, 7) is 5.21. The molecule has 4 nitrogen and oxygen atoms in total. The van der Waals surface area contributed by atoms with E-state index in [1.54, 1.807) is 10.9 Å². The summed E-state index contributed by atoms with van der Waals surface area (Å²) in [4.78, 5) is 13.0. The minimum absolute atomic E-state index is 0.0836. The highest BCUT2D eigenvalue weighted by atomic mass is 79.9. The van der Waals surface area contributed by atoms with Crippen molar-refractivity contribution in [2.45, 2.75) is 58.1 Å². The molecule has 1 aromatic heterocycles. The van der Waals surface area contributed by atoms with Crippen molar-refractivity contribution >= 4 is 21.7 Å². The van der Waals surface area contributed by atoms with Crippen LogP contribution >= 0.6 is 15.9 Å². The van der Waals surface area contributed by atoms with E-state index in [1.165, 1.54) is 6.42 Å². The molecule has 0 radical (unpaired) electrons. The molecule has 0 bridgehead atoms. The van der Waals surface area contributed by atoms with Gasteiger partial charge in [-0.2, -0.15) is 5.10 Å². The van der Waals surface area contributed by atoms with Gasteiger partial charge in [0.05, 0.1) is 10.7 Å². The molecule has 5 heteroatoms. The number of hydrogen-bond donors (Lipinski definition) is 0. The summed E-state index contributed by atoms with van der Waals surface area (Å²) in [7, 11) is 0. The molecule has 19 heavy (non-hydrogen) atoms. The lowest BCUT2D eigenvalue weighted by atomic mass is 9.80. The van der Waals surface area contributed by atoms with E-state index in [2.05, 4.69) is 21.0 Å². The van der Waals surface area contributed by atoms with E-state index in [4.69, 9.17) is 4.74 Å². The zero-order valence-electron chi connectivity index (χ0n) is 11.6. The van der Waals surface area contributed by atoms with Crippen molar-refractivity contribution in [1.29, 1.82) is 0 Å². The van der Waals surface area contributed by atoms with E-state index < -0.39 is 5.60 Å². The second-order valence-electron chi connectivity index (χ2n) is 4.97. The van der Waals surface area contributed by atoms with Gasteiger partial charge in [0.25, 0.3) is 0 Å². The van der Waals surface area contributed by atoms with E-state index in [0.29, 0.717) is 18.8 Å². The Morgan fingerprint density at radius 3 is 2.68 bits per heavy atom. The molecule has 0 atom stereocenters. The number of ketones is 1. The van der Waals surface area contributed by atoms with Gasteiger partial charge in [0.1, 0.15) is 11.3 Å². The molecule has 0 N–H and O–H groups in total. The van der Waals surface area contributed by atoms with Crippen LogP contribution in [0, 0.1) is 0 Å². The number of ether oxygens (including phenoxy) is 1. The molecule has 1 fully saturated rings. The van der Waals surface area contributed by atoms with Crippen LogP contribution in [0.5, 0.6) is 0 Å². The Labute approximate surface area is 122 Å². The Morgan fingerprint density at radius 2 is 2.11 bits per heavy atom. The van der Waals surface area contributed by atoms with Gasteiger partial charge in [0, 0.05) is 13.2 Å². The van der Waals surface area contributed by atoms with Gasteiger partial charge in [-0.05, 0) is 42.6 Å². The van der Waals surface area contributed by atoms with Crippen LogP contribution in [-0.4, -0.2) is 27.8 Å². The molecule has 1 heterocycles. The van der Waals surface area contributed by atoms with Gasteiger partial charge in [0.15, 0.2) is 0 Å². The summed E-state index contributed by atoms with van der Waals surface area (Å²) in [5.74, 6) is 0.0836. The molecular weight excluding hydrogens is 308 g/mol. The third-order valence-electron chi connectivity index (χ3n) is 3.81. The predicted octanol–water partition coefficient (Wildman–Crippen LogP) is 3.59. The topological polar surface area (TPSA) is 44.1 Å². The lowest BCUT2D eigenvalue weighted by Crippen LogP contribution is -2.44. The maximum absolute atomic E-state index is 13.0. The summed E-state index contributed by atoms with van der Waals surface area (Å²) in [6.07, 6.45) is 6.64. The minimum Gasteiger partial charge on any atom is -0.367 e. The number of carbonyl (C=O) groups excluding carboxylic acids is 1. The molecule has 0 unspecified atom stereocenters. The molecule has 1 aliphatic rings. The second-order valence-corrected chi connectivity index (χ2v) is 5.83. The fourth-order valence-corrected chi connectivity index (χ4v) is 3.36. The van der Waals surface area contributed by atoms with E-state index in [0.717, 1.165) is 30.2 Å². The molecule has 0 amide bonds. The van der Waals surface area contributed by atoms with Crippen LogP contribution in [0.3, 0.4) is 0 Å². The minimum atomic E-state index is -0.636. The molecule has 0 spiro atoms. The first-order valence-corrected chi connectivity index (χ1v) is 7.84. The van der Waals surface area contributed by atoms with Crippen molar-refractivity contribution in [3.05, 3.63) is 16.4 Å². The molecule has 1 saturated carbocycles. The van der Waals surface area contributed by atoms with Gasteiger partial charge < -0.3 is 4.74 Å². The average molecular weight is 329 g/mol. The fourth-order valence-electron chi connectivity index (χ4n) is 2.88. The van der Waals surface area contributed by atoms with Crippen LogP contribution < -0.4 is 0 Å². The molecule has 2 rings (SSSR count). The van der Waals surface area contributed by atoms with Crippen molar-refractivity contribution in [2.24, 2.45) is 0 Å². The average Bonchev–Trinajstić information content (AvgIpc) is 2.80. The maximum Gasteiger partial charge on any atom is 0.213 e. The second kappa shape index (κ2) is 6.18. The molecule has 1 aliphatic carbocycles. The van der Waals surface area contributed by atoms with Crippen LogP contribution in [0.15, 0.2) is 10.7 Å². The van der Waals surface area contributed by atoms with Gasteiger partial charge in [-0.3, -0.25) is 9.48 Å². The Balaban J connectivity index is 2.36. The zero-order chi connectivity index (χ0) is 13.9. The number of Topliss-reactive ketones (excluding diaryl/α,β-unsaturated/α-hetero) is 1. The van der Waals surface area contributed by atoms with Gasteiger partial charge in [0.2, 0.25) is 5.78 Å². The number of hydrogen-bond acceptors (Lipinski definition) is 3. The zero-order valence-corrected chi connectivity index (χ0v) is 13.2. The number of halogens is 1. The van der Waals surface area contributed by atoms with Crippen LogP contribution in [0.1, 0.15) is 56.4 Å². The van der Waals surface area contributed by atoms with Crippen LogP contribution in [0.2, 0.25) is 0 Å². The maximum atomic E-state index is 13.0. The molecular formula is C14H21BrN2O2. The Morgan fingerprint density at radius 1 is 1.42 bits per heavy atom. The summed E-state index contributed by atoms with van der Waals surface area (Å²) in [5.41, 5.74) is 0.0144. The summed E-state index contributed by atoms with van der Waals surface area (Å²) in [6, 6.07) is 0. The lowest BCUT2D eigenvalue weighted by molar-refractivity contribution is -0.0417. The van der Waals surface area contributed by atoms with Gasteiger partial charge >= 0.3 is 0 Å². The van der Waals surface area contributed by atoms with Gasteiger partial charge in [-0.1, -0.05) is 19.3 Å². The number of rotatable bonds is 5. The third kappa shape index (κ3) is 2.77. The number of aryl methyl sites for hydroxylation is 1. The van der Waals surface area contributed by atoms with E-state index in [9.17, 15) is 4.79 Å². The third-order valence-corrected chi connectivity index (χ3v) is 4.39. The van der Waals surface area contributed by atoms with E-state index in [-0.39, 0.29) is 5.78 Å². The first kappa shape index (κ1) is 14.7. The van der Waals surface area contributed by atoms with Crippen molar-refractivity contribution in [3.8, 4) is 0 Å². The van der Waals surface area contributed by atoms with Crippen LogP contribution in [0.4, 0.5) is 0 Å². The van der Waals surface area contributed by atoms with Crippen molar-refractivity contribution < 1.29 is 9.53 Å². The van der Waals surface area contributed by atoms with Crippen molar-refractivity contribution in [1.82, 2.24) is 9.78 Å². The first-order chi connectivity index (χ1) is 9.14. The summed E-state index contributed by atoms with van der Waals surface area (Å²) >= 11 is 3.44. The van der Waals surface area contributed by atoms with Gasteiger partial charge in [-0.25, -0.2) is 0 Å². The highest BCUT2D eigenvalue weighted by Crippen LogP contribution is 2.36. The quantitative estimate of drug-likeness (QED) is 0.776. The highest BCUT2D eigenvalue weighted by Gasteiger charge is 2.42. The van der Waals surface area contributed by atoms with Crippen molar-refractivity contribution in [3.63, 3.8) is 0 Å². The van der Waals surface area contributed by atoms with E-state index in [1.807, 2.05) is 13.8 Å². The molecule has 1 aromatic rings. The normalized spacial score (nSPS) is 18.5. The lowest BCUT2D eigenvalue weighted by Gasteiger charge is -2.35.